The lowest BCUT2D eigenvalue weighted by atomic mass is 10.1. The molecule has 2 fully saturated rings. The lowest BCUT2D eigenvalue weighted by Gasteiger charge is -2.26. The zero-order chi connectivity index (χ0) is 12.9. The second kappa shape index (κ2) is 6.19. The summed E-state index contributed by atoms with van der Waals surface area (Å²) in [6.07, 6.45) is 8.33. The van der Waals surface area contributed by atoms with Gasteiger partial charge in [0, 0.05) is 32.4 Å². The van der Waals surface area contributed by atoms with Gasteiger partial charge in [0.2, 0.25) is 5.95 Å². The van der Waals surface area contributed by atoms with Crippen LogP contribution in [0.15, 0.2) is 12.3 Å². The number of ether oxygens (including phenoxy) is 1. The molecule has 2 saturated heterocycles. The average Bonchev–Trinajstić information content (AvgIpc) is 3.00. The molecule has 1 atom stereocenters. The van der Waals surface area contributed by atoms with Crippen LogP contribution in [-0.4, -0.2) is 42.3 Å². The van der Waals surface area contributed by atoms with Gasteiger partial charge >= 0.3 is 0 Å². The Kier molecular flexibility index (Phi) is 4.13. The molecule has 1 unspecified atom stereocenters. The summed E-state index contributed by atoms with van der Waals surface area (Å²) in [5.74, 6) is 1.77. The van der Waals surface area contributed by atoms with E-state index in [9.17, 15) is 0 Å². The number of nitrogens with one attached hydrogen (secondary N) is 1. The molecule has 19 heavy (non-hydrogen) atoms. The van der Waals surface area contributed by atoms with Crippen molar-refractivity contribution in [2.75, 3.05) is 36.5 Å². The summed E-state index contributed by atoms with van der Waals surface area (Å²) in [6, 6.07) is 1.93. The Bertz CT molecular complexity index is 400. The van der Waals surface area contributed by atoms with Crippen LogP contribution in [0.2, 0.25) is 0 Å². The number of aromatic nitrogens is 2. The van der Waals surface area contributed by atoms with Gasteiger partial charge in [0.1, 0.15) is 5.82 Å². The molecule has 0 saturated carbocycles. The largest absolute Gasteiger partial charge is 0.376 e. The molecule has 2 aliphatic rings. The van der Waals surface area contributed by atoms with Gasteiger partial charge in [0.05, 0.1) is 6.10 Å². The van der Waals surface area contributed by atoms with Gasteiger partial charge in [-0.1, -0.05) is 0 Å². The number of hydrogen-bond acceptors (Lipinski definition) is 5. The third-order valence-corrected chi connectivity index (χ3v) is 3.82. The summed E-state index contributed by atoms with van der Waals surface area (Å²) in [5, 5.41) is 3.36. The molecule has 0 aromatic carbocycles. The number of hydrogen-bond donors (Lipinski definition) is 1. The molecule has 0 amide bonds. The van der Waals surface area contributed by atoms with Gasteiger partial charge in [0.25, 0.3) is 0 Å². The monoisotopic (exact) mass is 262 g/mol. The standard InChI is InChI=1S/C14H22N4O/c1-2-8-18(9-3-1)14-15-7-6-13(17-14)16-11-12-5-4-10-19-12/h6-7,12H,1-5,8-11H2,(H,15,16,17). The van der Waals surface area contributed by atoms with Gasteiger partial charge < -0.3 is 15.0 Å². The maximum absolute atomic E-state index is 5.60. The molecule has 5 nitrogen and oxygen atoms in total. The molecule has 0 spiro atoms. The first-order chi connectivity index (χ1) is 9.42. The zero-order valence-corrected chi connectivity index (χ0v) is 11.3. The van der Waals surface area contributed by atoms with E-state index in [1.165, 1.54) is 25.7 Å². The van der Waals surface area contributed by atoms with Crippen LogP contribution >= 0.6 is 0 Å². The average molecular weight is 262 g/mol. The van der Waals surface area contributed by atoms with Crippen LogP contribution in [0, 0.1) is 0 Å². The van der Waals surface area contributed by atoms with Crippen LogP contribution in [0.1, 0.15) is 32.1 Å². The van der Waals surface area contributed by atoms with Crippen molar-refractivity contribution < 1.29 is 4.74 Å². The molecule has 1 aromatic rings. The molecular weight excluding hydrogens is 240 g/mol. The highest BCUT2D eigenvalue weighted by molar-refractivity contribution is 5.41. The van der Waals surface area contributed by atoms with Crippen molar-refractivity contribution >= 4 is 11.8 Å². The lowest BCUT2D eigenvalue weighted by Crippen LogP contribution is -2.31. The van der Waals surface area contributed by atoms with E-state index in [-0.39, 0.29) is 0 Å². The van der Waals surface area contributed by atoms with Crippen molar-refractivity contribution in [1.82, 2.24) is 9.97 Å². The van der Waals surface area contributed by atoms with Crippen LogP contribution in [0.25, 0.3) is 0 Å². The second-order valence-electron chi connectivity index (χ2n) is 5.31. The topological polar surface area (TPSA) is 50.3 Å². The van der Waals surface area contributed by atoms with Crippen molar-refractivity contribution in [2.45, 2.75) is 38.2 Å². The molecule has 104 valence electrons. The summed E-state index contributed by atoms with van der Waals surface area (Å²) in [6.45, 7) is 3.90. The van der Waals surface area contributed by atoms with Gasteiger partial charge in [-0.3, -0.25) is 0 Å². The van der Waals surface area contributed by atoms with Crippen molar-refractivity contribution in [3.8, 4) is 0 Å². The van der Waals surface area contributed by atoms with Gasteiger partial charge in [-0.25, -0.2) is 4.98 Å². The quantitative estimate of drug-likeness (QED) is 0.900. The number of piperidine rings is 1. The molecule has 2 aliphatic heterocycles. The van der Waals surface area contributed by atoms with E-state index in [4.69, 9.17) is 4.74 Å². The third-order valence-electron chi connectivity index (χ3n) is 3.82. The summed E-state index contributed by atoms with van der Waals surface area (Å²) in [5.41, 5.74) is 0. The van der Waals surface area contributed by atoms with Crippen molar-refractivity contribution in [2.24, 2.45) is 0 Å². The smallest absolute Gasteiger partial charge is 0.227 e. The van der Waals surface area contributed by atoms with E-state index in [0.717, 1.165) is 44.4 Å². The summed E-state index contributed by atoms with van der Waals surface area (Å²) < 4.78 is 5.60. The Morgan fingerprint density at radius 3 is 2.95 bits per heavy atom. The minimum absolute atomic E-state index is 0.341. The molecule has 0 radical (unpaired) electrons. The van der Waals surface area contributed by atoms with Crippen molar-refractivity contribution in [1.29, 1.82) is 0 Å². The van der Waals surface area contributed by atoms with Crippen LogP contribution in [0.5, 0.6) is 0 Å². The van der Waals surface area contributed by atoms with E-state index in [1.54, 1.807) is 0 Å². The maximum atomic E-state index is 5.60. The highest BCUT2D eigenvalue weighted by Crippen LogP contribution is 2.17. The molecule has 3 rings (SSSR count). The SMILES string of the molecule is c1cc(NCC2CCCO2)nc(N2CCCCC2)n1. The highest BCUT2D eigenvalue weighted by atomic mass is 16.5. The maximum Gasteiger partial charge on any atom is 0.227 e. The van der Waals surface area contributed by atoms with Crippen LogP contribution in [0.4, 0.5) is 11.8 Å². The summed E-state index contributed by atoms with van der Waals surface area (Å²) >= 11 is 0. The molecule has 5 heteroatoms. The fourth-order valence-electron chi connectivity index (χ4n) is 2.72. The van der Waals surface area contributed by atoms with Gasteiger partial charge in [-0.2, -0.15) is 4.98 Å². The lowest BCUT2D eigenvalue weighted by molar-refractivity contribution is 0.120. The van der Waals surface area contributed by atoms with Crippen LogP contribution < -0.4 is 10.2 Å². The zero-order valence-electron chi connectivity index (χ0n) is 11.3. The first-order valence-electron chi connectivity index (χ1n) is 7.35. The molecule has 0 aliphatic carbocycles. The molecular formula is C14H22N4O. The van der Waals surface area contributed by atoms with Gasteiger partial charge in [0.15, 0.2) is 0 Å². The van der Waals surface area contributed by atoms with E-state index < -0.39 is 0 Å². The highest BCUT2D eigenvalue weighted by Gasteiger charge is 2.16. The predicted octanol–water partition coefficient (Wildman–Crippen LogP) is 2.06. The fourth-order valence-corrected chi connectivity index (χ4v) is 2.72. The molecule has 1 aromatic heterocycles. The van der Waals surface area contributed by atoms with Gasteiger partial charge in [-0.05, 0) is 38.2 Å². The predicted molar refractivity (Wildman–Crippen MR) is 75.6 cm³/mol. The van der Waals surface area contributed by atoms with E-state index in [1.807, 2.05) is 12.3 Å². The number of rotatable bonds is 4. The molecule has 3 heterocycles. The van der Waals surface area contributed by atoms with E-state index >= 15 is 0 Å². The number of anilines is 2. The number of nitrogens with zero attached hydrogens (tertiary/aromatic N) is 3. The summed E-state index contributed by atoms with van der Waals surface area (Å²) in [7, 11) is 0. The minimum Gasteiger partial charge on any atom is -0.376 e. The minimum atomic E-state index is 0.341. The Morgan fingerprint density at radius 2 is 2.16 bits per heavy atom. The molecule has 0 bridgehead atoms. The molecule has 1 N–H and O–H groups in total. The normalized spacial score (nSPS) is 23.6. The first kappa shape index (κ1) is 12.7. The Labute approximate surface area is 114 Å². The Morgan fingerprint density at radius 1 is 1.26 bits per heavy atom. The third kappa shape index (κ3) is 3.35. The van der Waals surface area contributed by atoms with Crippen LogP contribution in [-0.2, 0) is 4.74 Å². The van der Waals surface area contributed by atoms with Crippen LogP contribution in [0.3, 0.4) is 0 Å². The van der Waals surface area contributed by atoms with E-state index in [2.05, 4.69) is 20.2 Å². The summed E-state index contributed by atoms with van der Waals surface area (Å²) in [4.78, 5) is 11.3. The fraction of sp³-hybridized carbons (Fsp3) is 0.714. The Hall–Kier alpha value is -1.36. The van der Waals surface area contributed by atoms with Crippen molar-refractivity contribution in [3.05, 3.63) is 12.3 Å². The second-order valence-corrected chi connectivity index (χ2v) is 5.31. The Balaban J connectivity index is 1.58. The van der Waals surface area contributed by atoms with Gasteiger partial charge in [-0.15, -0.1) is 0 Å². The van der Waals surface area contributed by atoms with E-state index in [0.29, 0.717) is 6.10 Å². The van der Waals surface area contributed by atoms with Crippen molar-refractivity contribution in [3.63, 3.8) is 0 Å². The first-order valence-corrected chi connectivity index (χ1v) is 7.35.